The van der Waals surface area contributed by atoms with Crippen LogP contribution in [0, 0.1) is 107 Å². The Morgan fingerprint density at radius 3 is 1.02 bits per heavy atom. The molecule has 4 heterocycles. The second kappa shape index (κ2) is 46.0. The van der Waals surface area contributed by atoms with Crippen LogP contribution in [0.25, 0.3) is 22.3 Å². The van der Waals surface area contributed by atoms with Crippen molar-refractivity contribution in [3.8, 4) is 22.3 Å². The molecule has 6 aromatic carbocycles. The number of carbonyl (C=O) groups is 3. The normalized spacial score (nSPS) is 30.6. The van der Waals surface area contributed by atoms with E-state index in [0.717, 1.165) is 81.2 Å². The average molecular weight is 1940 g/mol. The summed E-state index contributed by atoms with van der Waals surface area (Å²) in [5, 5.41) is 126. The highest BCUT2D eigenvalue weighted by Gasteiger charge is 2.61. The SMILES string of the molecule is C.C.COC(=N)c1ccc(-c2cccc(CN3O[C@@H](CO)[C@@H]([C@H](C)O)[C@H]3C(=O)NC3C[C@@H]4C[C@H]([C@@H]3C)C4(C)C)c2)cc1.COC(=N)c1ccc(-c2cccc(CN3O[C@@H](CO)[C@@H]([C@H](C)O)[C@H]3C(=O)NC3C[C@@H]4C[C@H]([C@@H]3C)C4(C)C)c2)cc1.COC(=N)c1ccc(B(O)O)cc1.C[C@H](O)[C@@H]1[C@H](CO)ON(Cc2cccc(I)c2)[C@@H]1C(=O)NC1C[C@@H]2C[C@H]([C@@H]1C)C2(C)C.OC1CCCO1. The molecule has 25 atom stereocenters. The molecule has 13 fully saturated rings. The standard InChI is InChI=1S/2C32H43N3O5.C24H35IN2O4.C8H10BNO3.C4H8O2.2CH4/c2*1-18-25-14-24(32(25,3)4)15-26(18)34-31(38)29-28(19(2)37)27(17-36)40-35(29)16-20-7-6-8-23(13-20)21-9-11-22(12-10-21)30(33)39-5;1-13-18-9-16(24(18,3)4)10-19(13)26-23(30)22-21(14(2)29)20(12-28)31-27(22)11-15-6-5-7-17(25)8-15;1-13-8(10)6-2-4-7(5-3-6)9(11)12;5-4-2-1-3-6-4;;/h2*6-13,18-19,24-29,33,36-37H,14-17H2,1-5H3,(H,34,38);5-8,13-14,16,18-22,28-29H,9-12H2,1-4H3,(H,26,30);2-5,10-12H,1H3;4-5H,1-3H2;2*1H4/t2*18-,19-,24-,25+,26?,27-,28+,29-;13-,14-,16-,18+,19?,20-,21+,22-;;;;/m000..../s1. The minimum absolute atomic E-state index is 0. The van der Waals surface area contributed by atoms with Gasteiger partial charge in [-0.15, -0.1) is 0 Å². The van der Waals surface area contributed by atoms with E-state index in [1.807, 2.05) is 103 Å². The molecule has 4 saturated heterocycles. The molecule has 13 aliphatic rings. The molecule has 6 bridgehead atoms. The molecule has 30 heteroatoms. The van der Waals surface area contributed by atoms with Crippen LogP contribution in [0.15, 0.2) is 146 Å². The highest BCUT2D eigenvalue weighted by atomic mass is 127. The number of fused-ring (bicyclic) bond motifs is 6. The molecule has 3 amide bonds. The number of halogens is 1. The van der Waals surface area contributed by atoms with Crippen molar-refractivity contribution in [3.05, 3.63) is 183 Å². The Morgan fingerprint density at radius 2 is 0.773 bits per heavy atom. The molecule has 28 nitrogen and oxygen atoms in total. The number of rotatable bonds is 24. The van der Waals surface area contributed by atoms with Gasteiger partial charge in [0.25, 0.3) is 0 Å². The predicted octanol–water partition coefficient (Wildman–Crippen LogP) is 11.6. The Bertz CT molecular complexity index is 4620. The molecule has 0 aromatic heterocycles. The largest absolute Gasteiger partial charge is 0.488 e. The van der Waals surface area contributed by atoms with Gasteiger partial charge in [0.15, 0.2) is 6.29 Å². The number of nitrogens with zero attached hydrogens (tertiary/aromatic N) is 3. The number of aliphatic hydroxyl groups is 7. The zero-order valence-corrected chi connectivity index (χ0v) is 80.0. The minimum Gasteiger partial charge on any atom is -0.481 e. The van der Waals surface area contributed by atoms with Crippen LogP contribution in [-0.2, 0) is 67.5 Å². The van der Waals surface area contributed by atoms with Gasteiger partial charge in [-0.05, 0) is 263 Å². The highest BCUT2D eigenvalue weighted by molar-refractivity contribution is 14.1. The minimum atomic E-state index is -1.47. The first-order chi connectivity index (χ1) is 61.8. The van der Waals surface area contributed by atoms with Gasteiger partial charge in [-0.2, -0.15) is 15.2 Å². The van der Waals surface area contributed by atoms with Gasteiger partial charge in [0.2, 0.25) is 35.4 Å². The fourth-order valence-electron chi connectivity index (χ4n) is 22.7. The summed E-state index contributed by atoms with van der Waals surface area (Å²) in [6, 6.07) is 43.8. The van der Waals surface area contributed by atoms with Crippen molar-refractivity contribution in [2.24, 2.45) is 87.3 Å². The molecular formula is C102H147BIN9O19. The van der Waals surface area contributed by atoms with E-state index in [0.29, 0.717) is 111 Å². The number of carbonyl (C=O) groups excluding carboxylic acids is 3. The number of hydrogen-bond acceptors (Lipinski definition) is 25. The molecule has 6 aromatic rings. The van der Waals surface area contributed by atoms with Gasteiger partial charge in [0, 0.05) is 69.2 Å². The quantitative estimate of drug-likeness (QED) is 0.0116. The summed E-state index contributed by atoms with van der Waals surface area (Å²) in [5.74, 6) is 3.19. The maximum absolute atomic E-state index is 13.9. The first-order valence-corrected chi connectivity index (χ1v) is 47.2. The van der Waals surface area contributed by atoms with Crippen LogP contribution < -0.4 is 21.4 Å². The van der Waals surface area contributed by atoms with Gasteiger partial charge in [-0.1, -0.05) is 162 Å². The molecule has 9 aliphatic carbocycles. The zero-order chi connectivity index (χ0) is 94.3. The van der Waals surface area contributed by atoms with E-state index in [1.54, 1.807) is 48.1 Å². The van der Waals surface area contributed by atoms with Gasteiger partial charge in [0.05, 0.1) is 79.1 Å². The molecule has 15 N–H and O–H groups in total. The van der Waals surface area contributed by atoms with Crippen LogP contribution in [0.2, 0.25) is 0 Å². The third-order valence-electron chi connectivity index (χ3n) is 30.9. The summed E-state index contributed by atoms with van der Waals surface area (Å²) in [7, 11) is 2.91. The van der Waals surface area contributed by atoms with Gasteiger partial charge in [-0.3, -0.25) is 45.1 Å². The van der Waals surface area contributed by atoms with Crippen molar-refractivity contribution < 1.29 is 93.6 Å². The van der Waals surface area contributed by atoms with Gasteiger partial charge in [0.1, 0.15) is 36.4 Å². The number of hydroxylamine groups is 6. The monoisotopic (exact) mass is 1940 g/mol. The lowest BCUT2D eigenvalue weighted by Gasteiger charge is -2.62. The van der Waals surface area contributed by atoms with Crippen LogP contribution in [0.3, 0.4) is 0 Å². The lowest BCUT2D eigenvalue weighted by atomic mass is 9.45. The van der Waals surface area contributed by atoms with E-state index in [4.69, 9.17) is 64.8 Å². The summed E-state index contributed by atoms with van der Waals surface area (Å²) in [6.45, 7) is 26.8. The molecule has 9 saturated carbocycles. The Labute approximate surface area is 794 Å². The topological polar surface area (TPSA) is 415 Å². The Balaban J connectivity index is 0.000000186. The van der Waals surface area contributed by atoms with Gasteiger partial charge < -0.3 is 80.7 Å². The van der Waals surface area contributed by atoms with Gasteiger partial charge >= 0.3 is 7.12 Å². The average Bonchev–Trinajstić information content (AvgIpc) is 1.21. The predicted molar refractivity (Wildman–Crippen MR) is 518 cm³/mol. The highest BCUT2D eigenvalue weighted by Crippen LogP contribution is 2.64. The fraction of sp³-hybridized carbons (Fsp3) is 0.588. The second-order valence-corrected chi connectivity index (χ2v) is 40.7. The molecule has 4 unspecified atom stereocenters. The number of aliphatic hydroxyl groups excluding tert-OH is 7. The molecular weight excluding hydrogens is 1790 g/mol. The molecule has 4 aliphatic heterocycles. The summed E-state index contributed by atoms with van der Waals surface area (Å²) in [5.41, 5.74) is 10.3. The smallest absolute Gasteiger partial charge is 0.481 e. The second-order valence-electron chi connectivity index (χ2n) is 39.5. The third kappa shape index (κ3) is 23.7. The summed E-state index contributed by atoms with van der Waals surface area (Å²) >= 11 is 2.27. The first kappa shape index (κ1) is 106. The molecule has 0 spiro atoms. The van der Waals surface area contributed by atoms with Gasteiger partial charge in [-0.25, -0.2) is 0 Å². The zero-order valence-electron chi connectivity index (χ0n) is 77.8. The van der Waals surface area contributed by atoms with Crippen LogP contribution >= 0.6 is 22.6 Å². The van der Waals surface area contributed by atoms with Crippen molar-refractivity contribution in [2.45, 2.75) is 248 Å². The molecule has 724 valence electrons. The van der Waals surface area contributed by atoms with Crippen LogP contribution in [0.5, 0.6) is 0 Å². The van der Waals surface area contributed by atoms with E-state index in [2.05, 4.69) is 119 Å². The number of methoxy groups -OCH3 is 3. The molecule has 0 radical (unpaired) electrons. The molecule has 19 rings (SSSR count). The first-order valence-electron chi connectivity index (χ1n) is 46.1. The van der Waals surface area contributed by atoms with Crippen molar-refractivity contribution >= 4 is 70.6 Å². The Hall–Kier alpha value is -7.71. The lowest BCUT2D eigenvalue weighted by Crippen LogP contribution is -2.62. The van der Waals surface area contributed by atoms with Crippen LogP contribution in [0.1, 0.15) is 183 Å². The maximum Gasteiger partial charge on any atom is 0.488 e. The molecule has 132 heavy (non-hydrogen) atoms. The van der Waals surface area contributed by atoms with Crippen molar-refractivity contribution in [2.75, 3.05) is 47.8 Å². The fourth-order valence-corrected chi connectivity index (χ4v) is 23.3. The number of ether oxygens (including phenoxy) is 4. The van der Waals surface area contributed by atoms with E-state index in [9.17, 15) is 45.0 Å². The van der Waals surface area contributed by atoms with Crippen LogP contribution in [-0.4, -0.2) is 230 Å². The number of benzene rings is 6. The third-order valence-corrected chi connectivity index (χ3v) is 31.6. The number of hydrogen-bond donors (Lipinski definition) is 15. The van der Waals surface area contributed by atoms with Crippen molar-refractivity contribution in [1.29, 1.82) is 16.2 Å². The van der Waals surface area contributed by atoms with Crippen LogP contribution in [0.4, 0.5) is 0 Å². The summed E-state index contributed by atoms with van der Waals surface area (Å²) < 4.78 is 20.5. The Morgan fingerprint density at radius 1 is 0.470 bits per heavy atom. The maximum atomic E-state index is 13.9. The lowest BCUT2D eigenvalue weighted by molar-refractivity contribution is -0.183. The van der Waals surface area contributed by atoms with E-state index < -0.39 is 85.9 Å². The van der Waals surface area contributed by atoms with E-state index in [1.165, 1.54) is 52.7 Å². The van der Waals surface area contributed by atoms with E-state index in [-0.39, 0.29) is 88.2 Å². The number of amides is 3. The number of nitrogens with one attached hydrogen (secondary N) is 6. The summed E-state index contributed by atoms with van der Waals surface area (Å²) in [6.07, 6.45) is 3.68. The van der Waals surface area contributed by atoms with Crippen molar-refractivity contribution in [3.63, 3.8) is 0 Å². The summed E-state index contributed by atoms with van der Waals surface area (Å²) in [4.78, 5) is 59.5. The van der Waals surface area contributed by atoms with E-state index >= 15 is 0 Å². The van der Waals surface area contributed by atoms with Crippen molar-refractivity contribution in [1.82, 2.24) is 31.1 Å². The Kier molecular flexibility index (Phi) is 37.0.